The van der Waals surface area contributed by atoms with E-state index in [1.54, 1.807) is 32.2 Å². The minimum absolute atomic E-state index is 0. The van der Waals surface area contributed by atoms with Crippen molar-refractivity contribution in [2.75, 3.05) is 19.1 Å². The maximum absolute atomic E-state index is 13.7. The number of aryl methyl sites for hydroxylation is 1. The van der Waals surface area contributed by atoms with E-state index < -0.39 is 6.04 Å². The first kappa shape index (κ1) is 24.5. The SMILES string of the molecule is CNC(C)C(=O)NC1CCc2ccccc2N(Cc2c(OC)cnc3ccccc23)C1=O.Cl. The Balaban J connectivity index is 0.00000306. The Morgan fingerprint density at radius 1 is 1.21 bits per heavy atom. The molecular weight excluding hydrogens is 440 g/mol. The normalized spacial score (nSPS) is 16.4. The lowest BCUT2D eigenvalue weighted by Crippen LogP contribution is -2.52. The molecule has 0 fully saturated rings. The maximum atomic E-state index is 13.7. The van der Waals surface area contributed by atoms with Crippen LogP contribution in [0.15, 0.2) is 54.7 Å². The molecule has 33 heavy (non-hydrogen) atoms. The van der Waals surface area contributed by atoms with Crippen molar-refractivity contribution in [2.24, 2.45) is 0 Å². The molecule has 1 aliphatic heterocycles. The van der Waals surface area contributed by atoms with Crippen molar-refractivity contribution in [2.45, 2.75) is 38.4 Å². The highest BCUT2D eigenvalue weighted by molar-refractivity contribution is 6.01. The van der Waals surface area contributed by atoms with Gasteiger partial charge in [-0.25, -0.2) is 0 Å². The highest BCUT2D eigenvalue weighted by Gasteiger charge is 2.33. The average Bonchev–Trinajstić information content (AvgIpc) is 2.95. The predicted molar refractivity (Wildman–Crippen MR) is 132 cm³/mol. The van der Waals surface area contributed by atoms with Gasteiger partial charge in [-0.2, -0.15) is 0 Å². The van der Waals surface area contributed by atoms with E-state index in [1.807, 2.05) is 48.5 Å². The van der Waals surface area contributed by atoms with Gasteiger partial charge >= 0.3 is 0 Å². The topological polar surface area (TPSA) is 83.6 Å². The summed E-state index contributed by atoms with van der Waals surface area (Å²) in [5.74, 6) is 0.306. The van der Waals surface area contributed by atoms with Crippen LogP contribution in [0.5, 0.6) is 5.75 Å². The van der Waals surface area contributed by atoms with E-state index in [0.29, 0.717) is 25.1 Å². The second kappa shape index (κ2) is 10.6. The number of hydrogen-bond donors (Lipinski definition) is 2. The van der Waals surface area contributed by atoms with Gasteiger partial charge < -0.3 is 20.3 Å². The summed E-state index contributed by atoms with van der Waals surface area (Å²) in [4.78, 5) is 32.5. The van der Waals surface area contributed by atoms with Gasteiger partial charge in [-0.3, -0.25) is 14.6 Å². The lowest BCUT2D eigenvalue weighted by molar-refractivity contribution is -0.128. The fraction of sp³-hybridized carbons (Fsp3) is 0.320. The van der Waals surface area contributed by atoms with Gasteiger partial charge in [0.05, 0.1) is 31.4 Å². The number of amides is 2. The van der Waals surface area contributed by atoms with Crippen molar-refractivity contribution in [3.63, 3.8) is 0 Å². The molecule has 4 rings (SSSR count). The predicted octanol–water partition coefficient (Wildman–Crippen LogP) is 3.24. The molecule has 0 aliphatic carbocycles. The van der Waals surface area contributed by atoms with Crippen LogP contribution in [0.3, 0.4) is 0 Å². The van der Waals surface area contributed by atoms with Crippen LogP contribution in [0, 0.1) is 0 Å². The molecule has 0 spiro atoms. The Morgan fingerprint density at radius 2 is 1.94 bits per heavy atom. The van der Waals surface area contributed by atoms with Crippen molar-refractivity contribution in [1.29, 1.82) is 0 Å². The van der Waals surface area contributed by atoms with Crippen LogP contribution in [0.1, 0.15) is 24.5 Å². The number of fused-ring (bicyclic) bond motifs is 2. The molecule has 2 heterocycles. The quantitative estimate of drug-likeness (QED) is 0.580. The molecule has 3 aromatic rings. The zero-order valence-corrected chi connectivity index (χ0v) is 19.8. The number of benzene rings is 2. The van der Waals surface area contributed by atoms with Gasteiger partial charge in [0, 0.05) is 16.6 Å². The minimum atomic E-state index is -0.607. The second-order valence-corrected chi connectivity index (χ2v) is 7.99. The fourth-order valence-electron chi connectivity index (χ4n) is 4.12. The first-order chi connectivity index (χ1) is 15.5. The highest BCUT2D eigenvalue weighted by Crippen LogP contribution is 2.33. The zero-order valence-electron chi connectivity index (χ0n) is 19.0. The summed E-state index contributed by atoms with van der Waals surface area (Å²) in [7, 11) is 3.33. The van der Waals surface area contributed by atoms with Gasteiger partial charge in [0.25, 0.3) is 0 Å². The summed E-state index contributed by atoms with van der Waals surface area (Å²) >= 11 is 0. The summed E-state index contributed by atoms with van der Waals surface area (Å²) in [5, 5.41) is 6.80. The van der Waals surface area contributed by atoms with E-state index in [4.69, 9.17) is 4.74 Å². The third kappa shape index (κ3) is 4.94. The Hall–Kier alpha value is -3.16. The molecule has 0 bridgehead atoms. The standard InChI is InChI=1S/C25H28N4O3.ClH/c1-16(26-2)24(30)28-21-13-12-17-8-4-7-11-22(17)29(25(21)31)15-19-18-9-5-6-10-20(18)27-14-23(19)32-3;/h4-11,14,16,21,26H,12-13,15H2,1-3H3,(H,28,30);1H. The summed E-state index contributed by atoms with van der Waals surface area (Å²) in [5.41, 5.74) is 3.67. The first-order valence-corrected chi connectivity index (χ1v) is 10.8. The zero-order chi connectivity index (χ0) is 22.7. The molecule has 0 saturated heterocycles. The van der Waals surface area contributed by atoms with E-state index in [1.165, 1.54) is 0 Å². The van der Waals surface area contributed by atoms with Crippen LogP contribution in [-0.2, 0) is 22.6 Å². The van der Waals surface area contributed by atoms with Crippen molar-refractivity contribution in [3.8, 4) is 5.75 Å². The van der Waals surface area contributed by atoms with Crippen LogP contribution in [0.2, 0.25) is 0 Å². The number of para-hydroxylation sites is 2. The average molecular weight is 469 g/mol. The van der Waals surface area contributed by atoms with Crippen LogP contribution in [0.4, 0.5) is 5.69 Å². The number of anilines is 1. The van der Waals surface area contributed by atoms with E-state index in [2.05, 4.69) is 15.6 Å². The Morgan fingerprint density at radius 3 is 2.70 bits per heavy atom. The molecule has 2 atom stereocenters. The summed E-state index contributed by atoms with van der Waals surface area (Å²) in [6, 6.07) is 14.7. The van der Waals surface area contributed by atoms with Gasteiger partial charge in [0.2, 0.25) is 11.8 Å². The van der Waals surface area contributed by atoms with Crippen LogP contribution >= 0.6 is 12.4 Å². The smallest absolute Gasteiger partial charge is 0.249 e. The molecule has 7 nitrogen and oxygen atoms in total. The molecule has 2 aromatic carbocycles. The third-order valence-corrected chi connectivity index (χ3v) is 6.08. The van der Waals surface area contributed by atoms with Gasteiger partial charge in [-0.1, -0.05) is 36.4 Å². The number of ether oxygens (including phenoxy) is 1. The van der Waals surface area contributed by atoms with Gasteiger partial charge in [-0.15, -0.1) is 12.4 Å². The third-order valence-electron chi connectivity index (χ3n) is 6.08. The van der Waals surface area contributed by atoms with Crippen LogP contribution < -0.4 is 20.3 Å². The van der Waals surface area contributed by atoms with Crippen LogP contribution in [0.25, 0.3) is 10.9 Å². The molecule has 2 N–H and O–H groups in total. The number of likely N-dealkylation sites (N-methyl/N-ethyl adjacent to an activating group) is 1. The van der Waals surface area contributed by atoms with Crippen molar-refractivity contribution < 1.29 is 14.3 Å². The van der Waals surface area contributed by atoms with E-state index in [9.17, 15) is 9.59 Å². The molecule has 0 radical (unpaired) electrons. The summed E-state index contributed by atoms with van der Waals surface area (Å²) in [6.45, 7) is 2.09. The van der Waals surface area contributed by atoms with Crippen molar-refractivity contribution >= 4 is 40.8 Å². The molecular formula is C25H29ClN4O3. The second-order valence-electron chi connectivity index (χ2n) is 7.99. The number of hydrogen-bond acceptors (Lipinski definition) is 5. The largest absolute Gasteiger partial charge is 0.495 e. The number of carbonyl (C=O) groups is 2. The molecule has 2 amide bonds. The van der Waals surface area contributed by atoms with Crippen LogP contribution in [-0.4, -0.2) is 43.0 Å². The van der Waals surface area contributed by atoms with E-state index in [-0.39, 0.29) is 30.3 Å². The maximum Gasteiger partial charge on any atom is 0.249 e. The van der Waals surface area contributed by atoms with E-state index >= 15 is 0 Å². The molecule has 1 aromatic heterocycles. The van der Waals surface area contributed by atoms with Gasteiger partial charge in [0.1, 0.15) is 11.8 Å². The van der Waals surface area contributed by atoms with Crippen molar-refractivity contribution in [1.82, 2.24) is 15.6 Å². The lowest BCUT2D eigenvalue weighted by atomic mass is 10.1. The number of pyridine rings is 1. The molecule has 2 unspecified atom stereocenters. The molecule has 0 saturated carbocycles. The first-order valence-electron chi connectivity index (χ1n) is 10.8. The number of methoxy groups -OCH3 is 1. The summed E-state index contributed by atoms with van der Waals surface area (Å²) < 4.78 is 5.61. The van der Waals surface area contributed by atoms with Gasteiger partial charge in [0.15, 0.2) is 0 Å². The number of rotatable bonds is 6. The Bertz CT molecular complexity index is 1150. The summed E-state index contributed by atoms with van der Waals surface area (Å²) in [6.07, 6.45) is 2.94. The Kier molecular flexibility index (Phi) is 7.89. The highest BCUT2D eigenvalue weighted by atomic mass is 35.5. The van der Waals surface area contributed by atoms with Gasteiger partial charge in [-0.05, 0) is 44.5 Å². The monoisotopic (exact) mass is 468 g/mol. The number of nitrogens with one attached hydrogen (secondary N) is 2. The molecule has 174 valence electrons. The fourth-order valence-corrected chi connectivity index (χ4v) is 4.12. The molecule has 1 aliphatic rings. The number of aromatic nitrogens is 1. The number of halogens is 1. The Labute approximate surface area is 199 Å². The minimum Gasteiger partial charge on any atom is -0.495 e. The lowest BCUT2D eigenvalue weighted by Gasteiger charge is -2.28. The molecule has 8 heteroatoms. The number of nitrogens with zero attached hydrogens (tertiary/aromatic N) is 2. The van der Waals surface area contributed by atoms with Crippen molar-refractivity contribution in [3.05, 3.63) is 65.9 Å². The number of carbonyl (C=O) groups excluding carboxylic acids is 2. The van der Waals surface area contributed by atoms with E-state index in [0.717, 1.165) is 27.7 Å².